The Morgan fingerprint density at radius 2 is 2.04 bits per heavy atom. The second-order valence-corrected chi connectivity index (χ2v) is 7.25. The highest BCUT2D eigenvalue weighted by Crippen LogP contribution is 2.25. The van der Waals surface area contributed by atoms with Gasteiger partial charge in [-0.15, -0.1) is 0 Å². The number of anilines is 1. The summed E-state index contributed by atoms with van der Waals surface area (Å²) in [6, 6.07) is 9.64. The molecule has 0 fully saturated rings. The van der Waals surface area contributed by atoms with Gasteiger partial charge in [-0.2, -0.15) is 0 Å². The van der Waals surface area contributed by atoms with E-state index < -0.39 is 10.0 Å². The minimum Gasteiger partial charge on any atom is -0.438 e. The van der Waals surface area contributed by atoms with E-state index in [1.807, 2.05) is 0 Å². The summed E-state index contributed by atoms with van der Waals surface area (Å²) in [6.07, 6.45) is 1.50. The third kappa shape index (κ3) is 5.71. The molecule has 9 heteroatoms. The summed E-state index contributed by atoms with van der Waals surface area (Å²) in [5, 5.41) is 2.70. The summed E-state index contributed by atoms with van der Waals surface area (Å²) >= 11 is 0. The van der Waals surface area contributed by atoms with E-state index in [4.69, 9.17) is 9.47 Å². The molecule has 0 unspecified atom stereocenters. The molecule has 2 rings (SSSR count). The first-order chi connectivity index (χ1) is 12.4. The van der Waals surface area contributed by atoms with Gasteiger partial charge in [-0.1, -0.05) is 6.07 Å². The lowest BCUT2D eigenvalue weighted by atomic mass is 10.2. The second kappa shape index (κ2) is 9.16. The number of hydrogen-bond donors (Lipinski definition) is 2. The SMILES string of the molecule is CCS(=O)(=O)Nc1cccc(Oc2ncccc2C(=O)NCCOC)c1. The topological polar surface area (TPSA) is 107 Å². The average molecular weight is 379 g/mol. The van der Waals surface area contributed by atoms with Gasteiger partial charge in [-0.05, 0) is 31.2 Å². The molecule has 0 atom stereocenters. The van der Waals surface area contributed by atoms with Gasteiger partial charge in [0.1, 0.15) is 11.3 Å². The quantitative estimate of drug-likeness (QED) is 0.646. The van der Waals surface area contributed by atoms with E-state index in [-0.39, 0.29) is 23.1 Å². The van der Waals surface area contributed by atoms with Crippen LogP contribution in [0.4, 0.5) is 5.69 Å². The minimum atomic E-state index is -3.39. The predicted octanol–water partition coefficient (Wildman–Crippen LogP) is 2.01. The first kappa shape index (κ1) is 19.7. The van der Waals surface area contributed by atoms with Gasteiger partial charge in [0.25, 0.3) is 5.91 Å². The standard InChI is InChI=1S/C17H21N3O5S/c1-3-26(22,23)20-13-6-4-7-14(12-13)25-17-15(8-5-9-19-17)16(21)18-10-11-24-2/h4-9,12,20H,3,10-11H2,1-2H3,(H,18,21). The number of nitrogens with one attached hydrogen (secondary N) is 2. The average Bonchev–Trinajstić information content (AvgIpc) is 2.62. The fraction of sp³-hybridized carbons (Fsp3) is 0.294. The molecule has 0 aliphatic heterocycles. The van der Waals surface area contributed by atoms with Crippen molar-refractivity contribution in [1.29, 1.82) is 0 Å². The summed E-state index contributed by atoms with van der Waals surface area (Å²) < 4.78 is 36.4. The number of rotatable bonds is 9. The molecule has 0 saturated carbocycles. The lowest BCUT2D eigenvalue weighted by Gasteiger charge is -2.11. The normalized spacial score (nSPS) is 11.0. The molecule has 2 N–H and O–H groups in total. The zero-order valence-corrected chi connectivity index (χ0v) is 15.4. The lowest BCUT2D eigenvalue weighted by Crippen LogP contribution is -2.27. The van der Waals surface area contributed by atoms with Gasteiger partial charge >= 0.3 is 0 Å². The van der Waals surface area contributed by atoms with Crippen LogP contribution >= 0.6 is 0 Å². The van der Waals surface area contributed by atoms with Gasteiger partial charge in [0.05, 0.1) is 18.0 Å². The van der Waals surface area contributed by atoms with Crippen molar-refractivity contribution >= 4 is 21.6 Å². The molecule has 0 aliphatic carbocycles. The van der Waals surface area contributed by atoms with Crippen LogP contribution in [0.25, 0.3) is 0 Å². The number of amides is 1. The van der Waals surface area contributed by atoms with Crippen LogP contribution in [-0.2, 0) is 14.8 Å². The van der Waals surface area contributed by atoms with Crippen LogP contribution in [0, 0.1) is 0 Å². The van der Waals surface area contributed by atoms with Crippen molar-refractivity contribution in [1.82, 2.24) is 10.3 Å². The van der Waals surface area contributed by atoms with Gasteiger partial charge < -0.3 is 14.8 Å². The van der Waals surface area contributed by atoms with Gasteiger partial charge in [-0.25, -0.2) is 13.4 Å². The molecule has 1 aromatic carbocycles. The van der Waals surface area contributed by atoms with Crippen LogP contribution in [0.3, 0.4) is 0 Å². The van der Waals surface area contributed by atoms with Crippen LogP contribution in [0.15, 0.2) is 42.6 Å². The smallest absolute Gasteiger partial charge is 0.256 e. The molecule has 0 radical (unpaired) electrons. The van der Waals surface area contributed by atoms with Crippen molar-refractivity contribution in [2.75, 3.05) is 30.7 Å². The van der Waals surface area contributed by atoms with Crippen molar-refractivity contribution in [2.45, 2.75) is 6.92 Å². The summed E-state index contributed by atoms with van der Waals surface area (Å²) in [5.41, 5.74) is 0.634. The Kier molecular flexibility index (Phi) is 6.93. The van der Waals surface area contributed by atoms with E-state index in [1.54, 1.807) is 44.4 Å². The second-order valence-electron chi connectivity index (χ2n) is 5.24. The van der Waals surface area contributed by atoms with E-state index in [1.165, 1.54) is 12.3 Å². The maximum atomic E-state index is 12.2. The van der Waals surface area contributed by atoms with Crippen molar-refractivity contribution < 1.29 is 22.7 Å². The van der Waals surface area contributed by atoms with Crippen LogP contribution in [0.5, 0.6) is 11.6 Å². The molecule has 0 aliphatic rings. The molecule has 1 amide bonds. The van der Waals surface area contributed by atoms with Gasteiger partial charge in [0.2, 0.25) is 15.9 Å². The fourth-order valence-corrected chi connectivity index (χ4v) is 2.62. The van der Waals surface area contributed by atoms with Gasteiger partial charge in [0.15, 0.2) is 0 Å². The molecule has 0 bridgehead atoms. The number of methoxy groups -OCH3 is 1. The number of carbonyl (C=O) groups excluding carboxylic acids is 1. The predicted molar refractivity (Wildman–Crippen MR) is 98.0 cm³/mol. The Morgan fingerprint density at radius 3 is 2.77 bits per heavy atom. The Morgan fingerprint density at radius 1 is 1.23 bits per heavy atom. The number of carbonyl (C=O) groups is 1. The molecular formula is C17H21N3O5S. The van der Waals surface area contributed by atoms with Crippen LogP contribution < -0.4 is 14.8 Å². The molecule has 140 valence electrons. The van der Waals surface area contributed by atoms with Gasteiger partial charge in [-0.3, -0.25) is 9.52 Å². The van der Waals surface area contributed by atoms with Crippen LogP contribution in [0.2, 0.25) is 0 Å². The fourth-order valence-electron chi connectivity index (χ4n) is 1.99. The van der Waals surface area contributed by atoms with E-state index in [2.05, 4.69) is 15.0 Å². The van der Waals surface area contributed by atoms with Crippen LogP contribution in [-0.4, -0.2) is 45.3 Å². The highest BCUT2D eigenvalue weighted by Gasteiger charge is 2.14. The summed E-state index contributed by atoms with van der Waals surface area (Å²) in [7, 11) is -1.85. The molecule has 0 saturated heterocycles. The van der Waals surface area contributed by atoms with Crippen LogP contribution in [0.1, 0.15) is 17.3 Å². The minimum absolute atomic E-state index is 0.0376. The number of aromatic nitrogens is 1. The first-order valence-electron chi connectivity index (χ1n) is 7.95. The largest absolute Gasteiger partial charge is 0.438 e. The number of ether oxygens (including phenoxy) is 2. The zero-order valence-electron chi connectivity index (χ0n) is 14.6. The summed E-state index contributed by atoms with van der Waals surface area (Å²) in [4.78, 5) is 16.3. The summed E-state index contributed by atoms with van der Waals surface area (Å²) in [6.45, 7) is 2.30. The molecule has 26 heavy (non-hydrogen) atoms. The third-order valence-corrected chi connectivity index (χ3v) is 4.62. The van der Waals surface area contributed by atoms with Gasteiger partial charge in [0, 0.05) is 25.9 Å². The van der Waals surface area contributed by atoms with E-state index >= 15 is 0 Å². The Balaban J connectivity index is 2.17. The van der Waals surface area contributed by atoms with Crippen molar-refractivity contribution in [3.05, 3.63) is 48.2 Å². The molecule has 0 spiro atoms. The van der Waals surface area contributed by atoms with Crippen molar-refractivity contribution in [3.8, 4) is 11.6 Å². The van der Waals surface area contributed by atoms with E-state index in [0.717, 1.165) is 0 Å². The van der Waals surface area contributed by atoms with E-state index in [0.29, 0.717) is 24.6 Å². The number of hydrogen-bond acceptors (Lipinski definition) is 6. The number of nitrogens with zero attached hydrogens (tertiary/aromatic N) is 1. The van der Waals surface area contributed by atoms with Crippen molar-refractivity contribution in [3.63, 3.8) is 0 Å². The lowest BCUT2D eigenvalue weighted by molar-refractivity contribution is 0.0934. The van der Waals surface area contributed by atoms with E-state index in [9.17, 15) is 13.2 Å². The number of benzene rings is 1. The highest BCUT2D eigenvalue weighted by molar-refractivity contribution is 7.92. The van der Waals surface area contributed by atoms with Crippen molar-refractivity contribution in [2.24, 2.45) is 0 Å². The Bertz CT molecular complexity index is 855. The molecule has 1 heterocycles. The number of sulfonamides is 1. The Hall–Kier alpha value is -2.65. The molecule has 2 aromatic rings. The first-order valence-corrected chi connectivity index (χ1v) is 9.61. The highest BCUT2D eigenvalue weighted by atomic mass is 32.2. The Labute approximate surface area is 152 Å². The molecule has 1 aromatic heterocycles. The number of pyridine rings is 1. The third-order valence-electron chi connectivity index (χ3n) is 3.31. The molecule has 8 nitrogen and oxygen atoms in total. The summed E-state index contributed by atoms with van der Waals surface area (Å²) in [5.74, 6) is 0.0984. The monoisotopic (exact) mass is 379 g/mol. The maximum absolute atomic E-state index is 12.2. The zero-order chi connectivity index (χ0) is 19.0. The maximum Gasteiger partial charge on any atom is 0.256 e. The molecular weight excluding hydrogens is 358 g/mol.